The lowest BCUT2D eigenvalue weighted by Crippen LogP contribution is -2.53. The van der Waals surface area contributed by atoms with E-state index in [1.807, 2.05) is 0 Å². The SMILES string of the molecule is [C-]#[N+][C@@H]1CCCN1C(=O)CNC1(CO)CCCCC1. The van der Waals surface area contributed by atoms with Gasteiger partial charge >= 0.3 is 6.17 Å². The molecule has 1 atom stereocenters. The second-order valence-corrected chi connectivity index (χ2v) is 5.69. The number of nitrogens with zero attached hydrogens (tertiary/aromatic N) is 2. The average molecular weight is 265 g/mol. The van der Waals surface area contributed by atoms with Crippen molar-refractivity contribution in [1.29, 1.82) is 0 Å². The van der Waals surface area contributed by atoms with Crippen molar-refractivity contribution in [2.24, 2.45) is 0 Å². The summed E-state index contributed by atoms with van der Waals surface area (Å²) in [4.78, 5) is 17.3. The molecule has 1 aliphatic carbocycles. The molecule has 1 saturated heterocycles. The Kier molecular flexibility index (Phi) is 4.78. The molecule has 5 heteroatoms. The van der Waals surface area contributed by atoms with E-state index in [0.717, 1.165) is 38.5 Å². The molecule has 2 aliphatic rings. The summed E-state index contributed by atoms with van der Waals surface area (Å²) < 4.78 is 0. The topological polar surface area (TPSA) is 56.9 Å². The summed E-state index contributed by atoms with van der Waals surface area (Å²) in [7, 11) is 0. The van der Waals surface area contributed by atoms with Gasteiger partial charge in [0.15, 0.2) is 0 Å². The van der Waals surface area contributed by atoms with Crippen molar-refractivity contribution in [1.82, 2.24) is 10.2 Å². The smallest absolute Gasteiger partial charge is 0.300 e. The first-order valence-corrected chi connectivity index (χ1v) is 7.23. The Balaban J connectivity index is 1.87. The monoisotopic (exact) mass is 265 g/mol. The molecule has 2 fully saturated rings. The van der Waals surface area contributed by atoms with Gasteiger partial charge in [0.1, 0.15) is 0 Å². The molecule has 1 heterocycles. The van der Waals surface area contributed by atoms with Gasteiger partial charge in [-0.2, -0.15) is 0 Å². The number of hydrogen-bond acceptors (Lipinski definition) is 3. The van der Waals surface area contributed by atoms with Gasteiger partial charge in [-0.25, -0.2) is 6.57 Å². The van der Waals surface area contributed by atoms with Crippen LogP contribution in [0.15, 0.2) is 0 Å². The van der Waals surface area contributed by atoms with E-state index >= 15 is 0 Å². The molecule has 1 amide bonds. The number of carbonyl (C=O) groups is 1. The summed E-state index contributed by atoms with van der Waals surface area (Å²) in [5.41, 5.74) is -0.277. The summed E-state index contributed by atoms with van der Waals surface area (Å²) in [6, 6.07) is 0. The molecule has 106 valence electrons. The summed E-state index contributed by atoms with van der Waals surface area (Å²) in [5, 5.41) is 12.8. The fourth-order valence-electron chi connectivity index (χ4n) is 3.16. The molecule has 5 nitrogen and oxygen atoms in total. The molecule has 1 saturated carbocycles. The minimum absolute atomic E-state index is 0.00287. The highest BCUT2D eigenvalue weighted by molar-refractivity contribution is 5.79. The third-order valence-corrected chi connectivity index (χ3v) is 4.42. The molecule has 0 bridgehead atoms. The molecule has 0 unspecified atom stereocenters. The van der Waals surface area contributed by atoms with Crippen molar-refractivity contribution in [3.05, 3.63) is 11.4 Å². The third-order valence-electron chi connectivity index (χ3n) is 4.42. The van der Waals surface area contributed by atoms with E-state index < -0.39 is 0 Å². The largest absolute Gasteiger partial charge is 0.394 e. The molecule has 0 radical (unpaired) electrons. The van der Waals surface area contributed by atoms with Crippen molar-refractivity contribution >= 4 is 5.91 Å². The number of likely N-dealkylation sites (tertiary alicyclic amines) is 1. The van der Waals surface area contributed by atoms with E-state index in [0.29, 0.717) is 6.54 Å². The number of rotatable bonds is 4. The Morgan fingerprint density at radius 1 is 1.37 bits per heavy atom. The van der Waals surface area contributed by atoms with Crippen LogP contribution >= 0.6 is 0 Å². The molecule has 2 rings (SSSR count). The zero-order valence-corrected chi connectivity index (χ0v) is 11.4. The Bertz CT molecular complexity index is 358. The van der Waals surface area contributed by atoms with Gasteiger partial charge in [0.25, 0.3) is 0 Å². The van der Waals surface area contributed by atoms with Crippen LogP contribution in [0.4, 0.5) is 0 Å². The highest BCUT2D eigenvalue weighted by atomic mass is 16.3. The van der Waals surface area contributed by atoms with Crippen LogP contribution in [0.2, 0.25) is 0 Å². The van der Waals surface area contributed by atoms with Gasteiger partial charge in [-0.15, -0.1) is 0 Å². The summed E-state index contributed by atoms with van der Waals surface area (Å²) >= 11 is 0. The number of hydrogen-bond donors (Lipinski definition) is 2. The number of nitrogens with one attached hydrogen (secondary N) is 1. The third kappa shape index (κ3) is 3.26. The van der Waals surface area contributed by atoms with Crippen LogP contribution < -0.4 is 5.32 Å². The summed E-state index contributed by atoms with van der Waals surface area (Å²) in [6.07, 6.45) is 6.73. The molecule has 0 aromatic rings. The first kappa shape index (κ1) is 14.3. The van der Waals surface area contributed by atoms with Gasteiger partial charge in [-0.1, -0.05) is 19.3 Å². The van der Waals surface area contributed by atoms with Crippen LogP contribution in [0.3, 0.4) is 0 Å². The number of aliphatic hydroxyl groups is 1. The van der Waals surface area contributed by atoms with Crippen LogP contribution in [0.1, 0.15) is 44.9 Å². The quantitative estimate of drug-likeness (QED) is 0.749. The molecule has 0 spiro atoms. The van der Waals surface area contributed by atoms with E-state index in [2.05, 4.69) is 10.2 Å². The Morgan fingerprint density at radius 3 is 2.74 bits per heavy atom. The van der Waals surface area contributed by atoms with Crippen molar-refractivity contribution in [3.63, 3.8) is 0 Å². The number of amides is 1. The average Bonchev–Trinajstić information content (AvgIpc) is 2.94. The van der Waals surface area contributed by atoms with Crippen molar-refractivity contribution in [2.45, 2.75) is 56.7 Å². The van der Waals surface area contributed by atoms with Gasteiger partial charge in [0.05, 0.1) is 13.2 Å². The lowest BCUT2D eigenvalue weighted by Gasteiger charge is -2.36. The molecular formula is C14H23N3O2. The zero-order chi connectivity index (χ0) is 13.7. The van der Waals surface area contributed by atoms with Crippen LogP contribution in [0, 0.1) is 6.57 Å². The van der Waals surface area contributed by atoms with E-state index in [-0.39, 0.29) is 30.8 Å². The minimum atomic E-state index is -0.277. The van der Waals surface area contributed by atoms with Crippen molar-refractivity contribution < 1.29 is 9.90 Å². The molecule has 0 aromatic carbocycles. The molecule has 19 heavy (non-hydrogen) atoms. The fraction of sp³-hybridized carbons (Fsp3) is 0.857. The lowest BCUT2D eigenvalue weighted by atomic mass is 9.82. The second kappa shape index (κ2) is 6.36. The van der Waals surface area contributed by atoms with Gasteiger partial charge < -0.3 is 10.4 Å². The van der Waals surface area contributed by atoms with Gasteiger partial charge in [-0.3, -0.25) is 14.5 Å². The first-order chi connectivity index (χ1) is 9.21. The van der Waals surface area contributed by atoms with E-state index in [1.54, 1.807) is 4.90 Å². The van der Waals surface area contributed by atoms with Crippen LogP contribution in [-0.2, 0) is 4.79 Å². The van der Waals surface area contributed by atoms with Crippen molar-refractivity contribution in [2.75, 3.05) is 19.7 Å². The van der Waals surface area contributed by atoms with Crippen LogP contribution in [-0.4, -0.2) is 47.3 Å². The number of carbonyl (C=O) groups excluding carboxylic acids is 1. The van der Waals surface area contributed by atoms with Gasteiger partial charge in [-0.05, 0) is 19.3 Å². The summed E-state index contributed by atoms with van der Waals surface area (Å²) in [5.74, 6) is -0.00287. The second-order valence-electron chi connectivity index (χ2n) is 5.69. The zero-order valence-electron chi connectivity index (χ0n) is 11.4. The Labute approximate surface area is 114 Å². The van der Waals surface area contributed by atoms with E-state index in [1.165, 1.54) is 6.42 Å². The fourth-order valence-corrected chi connectivity index (χ4v) is 3.16. The molecular weight excluding hydrogens is 242 g/mol. The van der Waals surface area contributed by atoms with Gasteiger partial charge in [0, 0.05) is 18.5 Å². The minimum Gasteiger partial charge on any atom is -0.394 e. The predicted octanol–water partition coefficient (Wildman–Crippen LogP) is 1.14. The van der Waals surface area contributed by atoms with Crippen LogP contribution in [0.5, 0.6) is 0 Å². The molecule has 0 aromatic heterocycles. The normalized spacial score (nSPS) is 26.1. The predicted molar refractivity (Wildman–Crippen MR) is 72.2 cm³/mol. The molecule has 1 aliphatic heterocycles. The lowest BCUT2D eigenvalue weighted by molar-refractivity contribution is -0.130. The highest BCUT2D eigenvalue weighted by Gasteiger charge is 2.35. The van der Waals surface area contributed by atoms with E-state index in [9.17, 15) is 9.90 Å². The standard InChI is InChI=1S/C14H23N3O2/c1-15-12-6-5-9-17(12)13(19)10-16-14(11-18)7-3-2-4-8-14/h12,16,18H,2-11H2/t12-/m0/s1. The van der Waals surface area contributed by atoms with E-state index in [4.69, 9.17) is 6.57 Å². The Hall–Kier alpha value is -1.12. The first-order valence-electron chi connectivity index (χ1n) is 7.23. The summed E-state index contributed by atoms with van der Waals surface area (Å²) in [6.45, 7) is 8.12. The maximum atomic E-state index is 12.2. The molecule has 2 N–H and O–H groups in total. The maximum Gasteiger partial charge on any atom is 0.300 e. The highest BCUT2D eigenvalue weighted by Crippen LogP contribution is 2.27. The Morgan fingerprint density at radius 2 is 2.11 bits per heavy atom. The van der Waals surface area contributed by atoms with Gasteiger partial charge in [0.2, 0.25) is 5.91 Å². The number of aliphatic hydroxyl groups excluding tert-OH is 1. The maximum absolute atomic E-state index is 12.2. The van der Waals surface area contributed by atoms with Crippen molar-refractivity contribution in [3.8, 4) is 0 Å². The van der Waals surface area contributed by atoms with Crippen LogP contribution in [0.25, 0.3) is 4.85 Å².